The third kappa shape index (κ3) is 3.72. The fraction of sp³-hybridized carbons (Fsp3) is 0.100. The number of hydrogen-bond donors (Lipinski definition) is 3. The van der Waals surface area contributed by atoms with Crippen LogP contribution in [0.1, 0.15) is 11.1 Å². The van der Waals surface area contributed by atoms with Crippen LogP contribution in [-0.2, 0) is 0 Å². The number of hydrogen-bond acceptors (Lipinski definition) is 8. The van der Waals surface area contributed by atoms with Gasteiger partial charge in [-0.25, -0.2) is 9.78 Å². The molecule has 144 valence electrons. The lowest BCUT2D eigenvalue weighted by atomic mass is 10.2. The van der Waals surface area contributed by atoms with Gasteiger partial charge in [-0.2, -0.15) is 10.2 Å². The van der Waals surface area contributed by atoms with Crippen LogP contribution in [0.3, 0.4) is 0 Å². The lowest BCUT2D eigenvalue weighted by Crippen LogP contribution is -2.03. The molecule has 0 aliphatic rings. The zero-order valence-corrected chi connectivity index (χ0v) is 15.6. The molecule has 2 heterocycles. The van der Waals surface area contributed by atoms with E-state index in [2.05, 4.69) is 31.7 Å². The van der Waals surface area contributed by atoms with Crippen molar-refractivity contribution in [3.8, 4) is 11.8 Å². The summed E-state index contributed by atoms with van der Waals surface area (Å²) in [6.07, 6.45) is 1.69. The normalized spacial score (nSPS) is 10.5. The average molecular weight is 388 g/mol. The van der Waals surface area contributed by atoms with Crippen LogP contribution in [0, 0.1) is 18.3 Å². The molecule has 0 unspecified atom stereocenters. The number of nitrogens with one attached hydrogen (secondary N) is 3. The standard InChI is InChI=1S/C20H16N6O3/c1-11-10-22-19(24-13-3-5-16(28-2)12(7-13)9-21)26-18(11)23-14-4-6-17-15(8-14)25-20(27)29-17/h3-8,10H,1-2H3,(H,25,27)(H2,22,23,24,26). The third-order valence-corrected chi connectivity index (χ3v) is 4.23. The van der Waals surface area contributed by atoms with Crippen LogP contribution in [0.4, 0.5) is 23.1 Å². The minimum atomic E-state index is -0.502. The van der Waals surface area contributed by atoms with Gasteiger partial charge in [0.25, 0.3) is 0 Å². The Morgan fingerprint density at radius 1 is 1.17 bits per heavy atom. The molecule has 4 aromatic rings. The van der Waals surface area contributed by atoms with Crippen molar-refractivity contribution < 1.29 is 9.15 Å². The molecule has 3 N–H and O–H groups in total. The van der Waals surface area contributed by atoms with Gasteiger partial charge >= 0.3 is 5.76 Å². The maximum atomic E-state index is 11.3. The number of ether oxygens (including phenoxy) is 1. The Hall–Kier alpha value is -4.32. The highest BCUT2D eigenvalue weighted by Crippen LogP contribution is 2.25. The quantitative estimate of drug-likeness (QED) is 0.473. The van der Waals surface area contributed by atoms with Crippen LogP contribution in [-0.4, -0.2) is 22.1 Å². The largest absolute Gasteiger partial charge is 0.495 e. The van der Waals surface area contributed by atoms with Crippen molar-refractivity contribution >= 4 is 34.2 Å². The summed E-state index contributed by atoms with van der Waals surface area (Å²) < 4.78 is 10.2. The summed E-state index contributed by atoms with van der Waals surface area (Å²) >= 11 is 0. The van der Waals surface area contributed by atoms with E-state index in [0.717, 1.165) is 11.3 Å². The van der Waals surface area contributed by atoms with Gasteiger partial charge in [0, 0.05) is 23.1 Å². The van der Waals surface area contributed by atoms with E-state index in [1.807, 2.05) is 6.92 Å². The Kier molecular flexibility index (Phi) is 4.58. The number of aromatic nitrogens is 3. The topological polar surface area (TPSA) is 129 Å². The number of fused-ring (bicyclic) bond motifs is 1. The summed E-state index contributed by atoms with van der Waals surface area (Å²) in [6.45, 7) is 1.88. The van der Waals surface area contributed by atoms with Gasteiger partial charge in [-0.3, -0.25) is 4.98 Å². The molecule has 0 saturated carbocycles. The lowest BCUT2D eigenvalue weighted by Gasteiger charge is -2.12. The van der Waals surface area contributed by atoms with E-state index in [1.165, 1.54) is 7.11 Å². The predicted octanol–water partition coefficient (Wildman–Crippen LogP) is 3.59. The number of benzene rings is 2. The van der Waals surface area contributed by atoms with Gasteiger partial charge in [0.15, 0.2) is 5.58 Å². The van der Waals surface area contributed by atoms with Crippen molar-refractivity contribution in [3.63, 3.8) is 0 Å². The zero-order valence-electron chi connectivity index (χ0n) is 15.6. The maximum Gasteiger partial charge on any atom is 0.417 e. The van der Waals surface area contributed by atoms with E-state index in [0.29, 0.717) is 39.9 Å². The number of nitriles is 1. The van der Waals surface area contributed by atoms with E-state index < -0.39 is 5.76 Å². The first-order valence-electron chi connectivity index (χ1n) is 8.64. The van der Waals surface area contributed by atoms with Crippen molar-refractivity contribution in [2.75, 3.05) is 17.7 Å². The van der Waals surface area contributed by atoms with Gasteiger partial charge in [-0.1, -0.05) is 0 Å². The maximum absolute atomic E-state index is 11.3. The average Bonchev–Trinajstić information content (AvgIpc) is 3.09. The smallest absolute Gasteiger partial charge is 0.417 e. The first-order chi connectivity index (χ1) is 14.1. The highest BCUT2D eigenvalue weighted by molar-refractivity contribution is 5.78. The second-order valence-electron chi connectivity index (χ2n) is 6.23. The number of nitrogens with zero attached hydrogens (tertiary/aromatic N) is 3. The summed E-state index contributed by atoms with van der Waals surface area (Å²) in [5.74, 6) is 0.961. The van der Waals surface area contributed by atoms with Gasteiger partial charge < -0.3 is 19.8 Å². The number of rotatable bonds is 5. The third-order valence-electron chi connectivity index (χ3n) is 4.23. The molecule has 0 fully saturated rings. The number of H-pyrrole nitrogens is 1. The molecule has 0 atom stereocenters. The molecule has 4 rings (SSSR count). The highest BCUT2D eigenvalue weighted by atomic mass is 16.5. The fourth-order valence-corrected chi connectivity index (χ4v) is 2.80. The Morgan fingerprint density at radius 3 is 2.76 bits per heavy atom. The SMILES string of the molecule is COc1ccc(Nc2ncc(C)c(Nc3ccc4oc(=O)[nH]c4c3)n2)cc1C#N. The molecular formula is C20H16N6O3. The van der Waals surface area contributed by atoms with Gasteiger partial charge in [-0.05, 0) is 43.3 Å². The van der Waals surface area contributed by atoms with E-state index in [1.54, 1.807) is 42.6 Å². The molecule has 0 radical (unpaired) electrons. The number of oxazole rings is 1. The van der Waals surface area contributed by atoms with Gasteiger partial charge in [-0.15, -0.1) is 0 Å². The Morgan fingerprint density at radius 2 is 1.97 bits per heavy atom. The minimum Gasteiger partial charge on any atom is -0.495 e. The molecule has 0 aliphatic heterocycles. The number of aromatic amines is 1. The first kappa shape index (κ1) is 18.1. The second kappa shape index (κ2) is 7.36. The van der Waals surface area contributed by atoms with Crippen LogP contribution in [0.15, 0.2) is 51.8 Å². The number of methoxy groups -OCH3 is 1. The number of anilines is 4. The Labute approximate surface area is 165 Å². The molecule has 2 aromatic carbocycles. The highest BCUT2D eigenvalue weighted by Gasteiger charge is 2.09. The Balaban J connectivity index is 1.60. The van der Waals surface area contributed by atoms with Crippen LogP contribution in [0.5, 0.6) is 5.75 Å². The van der Waals surface area contributed by atoms with E-state index in [-0.39, 0.29) is 0 Å². The summed E-state index contributed by atoms with van der Waals surface area (Å²) in [5.41, 5.74) is 3.71. The molecular weight excluding hydrogens is 372 g/mol. The van der Waals surface area contributed by atoms with Crippen molar-refractivity contribution in [3.05, 3.63) is 64.3 Å². The molecule has 2 aromatic heterocycles. The van der Waals surface area contributed by atoms with Crippen molar-refractivity contribution in [1.29, 1.82) is 5.26 Å². The fourth-order valence-electron chi connectivity index (χ4n) is 2.80. The molecule has 9 heteroatoms. The van der Waals surface area contributed by atoms with Gasteiger partial charge in [0.05, 0.1) is 18.2 Å². The van der Waals surface area contributed by atoms with Crippen LogP contribution in [0.2, 0.25) is 0 Å². The van der Waals surface area contributed by atoms with Crippen LogP contribution < -0.4 is 21.1 Å². The van der Waals surface area contributed by atoms with Crippen LogP contribution >= 0.6 is 0 Å². The van der Waals surface area contributed by atoms with Crippen molar-refractivity contribution in [2.24, 2.45) is 0 Å². The monoisotopic (exact) mass is 388 g/mol. The van der Waals surface area contributed by atoms with Crippen molar-refractivity contribution in [1.82, 2.24) is 15.0 Å². The zero-order chi connectivity index (χ0) is 20.4. The van der Waals surface area contributed by atoms with Gasteiger partial charge in [0.2, 0.25) is 5.95 Å². The first-order valence-corrected chi connectivity index (χ1v) is 8.64. The molecule has 29 heavy (non-hydrogen) atoms. The molecule has 0 bridgehead atoms. The van der Waals surface area contributed by atoms with E-state index in [9.17, 15) is 10.1 Å². The summed E-state index contributed by atoms with van der Waals surface area (Å²) in [4.78, 5) is 22.7. The Bertz CT molecular complexity index is 1300. The van der Waals surface area contributed by atoms with Crippen LogP contribution in [0.25, 0.3) is 11.1 Å². The second-order valence-corrected chi connectivity index (χ2v) is 6.23. The molecule has 0 saturated heterocycles. The summed E-state index contributed by atoms with van der Waals surface area (Å²) in [5, 5.41) is 15.5. The van der Waals surface area contributed by atoms with E-state index in [4.69, 9.17) is 9.15 Å². The summed E-state index contributed by atoms with van der Waals surface area (Å²) in [6, 6.07) is 12.5. The molecule has 9 nitrogen and oxygen atoms in total. The van der Waals surface area contributed by atoms with Crippen molar-refractivity contribution in [2.45, 2.75) is 6.92 Å². The molecule has 0 spiro atoms. The lowest BCUT2D eigenvalue weighted by molar-refractivity contribution is 0.413. The molecule has 0 amide bonds. The summed E-state index contributed by atoms with van der Waals surface area (Å²) in [7, 11) is 1.51. The molecule has 0 aliphatic carbocycles. The minimum absolute atomic E-state index is 0.366. The predicted molar refractivity (Wildman–Crippen MR) is 108 cm³/mol. The van der Waals surface area contributed by atoms with Gasteiger partial charge in [0.1, 0.15) is 17.6 Å². The number of aryl methyl sites for hydroxylation is 1. The van der Waals surface area contributed by atoms with E-state index >= 15 is 0 Å².